The highest BCUT2D eigenvalue weighted by Crippen LogP contribution is 2.46. The molecule has 160 valence electrons. The fraction of sp³-hybridized carbons (Fsp3) is 0.308. The highest BCUT2D eigenvalue weighted by Gasteiger charge is 2.41. The summed E-state index contributed by atoms with van der Waals surface area (Å²) in [5, 5.41) is 13.4. The molecule has 5 heteroatoms. The van der Waals surface area contributed by atoms with Crippen molar-refractivity contribution in [3.8, 4) is 5.75 Å². The molecule has 1 heterocycles. The quantitative estimate of drug-likeness (QED) is 0.690. The summed E-state index contributed by atoms with van der Waals surface area (Å²) in [6, 6.07) is 16.8. The Bertz CT molecular complexity index is 1070. The molecule has 4 rings (SSSR count). The Balaban J connectivity index is 1.79. The molecule has 0 fully saturated rings. The van der Waals surface area contributed by atoms with Crippen molar-refractivity contribution in [1.29, 1.82) is 0 Å². The van der Waals surface area contributed by atoms with Crippen LogP contribution in [0.2, 0.25) is 0 Å². The lowest BCUT2D eigenvalue weighted by Crippen LogP contribution is -2.36. The molecule has 2 aromatic rings. The van der Waals surface area contributed by atoms with Gasteiger partial charge in [0.05, 0.1) is 12.2 Å². The predicted molar refractivity (Wildman–Crippen MR) is 118 cm³/mol. The number of esters is 1. The van der Waals surface area contributed by atoms with Crippen molar-refractivity contribution >= 4 is 11.8 Å². The Hall–Kier alpha value is -3.34. The van der Waals surface area contributed by atoms with Gasteiger partial charge in [-0.15, -0.1) is 0 Å². The maximum atomic E-state index is 13.4. The van der Waals surface area contributed by atoms with Gasteiger partial charge in [-0.1, -0.05) is 49.4 Å². The number of Topliss-reactive ketones (excluding diaryl/α,β-unsaturated/α-hetero) is 1. The Labute approximate surface area is 182 Å². The lowest BCUT2D eigenvalue weighted by molar-refractivity contribution is -0.139. The number of benzene rings is 2. The number of aromatic hydroxyl groups is 1. The second-order valence-corrected chi connectivity index (χ2v) is 8.16. The van der Waals surface area contributed by atoms with Crippen LogP contribution in [0, 0.1) is 0 Å². The Morgan fingerprint density at radius 3 is 2.55 bits per heavy atom. The number of ether oxygens (including phenoxy) is 1. The van der Waals surface area contributed by atoms with E-state index in [2.05, 4.69) is 17.4 Å². The van der Waals surface area contributed by atoms with Crippen molar-refractivity contribution < 1.29 is 19.4 Å². The van der Waals surface area contributed by atoms with Crippen LogP contribution >= 0.6 is 0 Å². The average Bonchev–Trinajstić information content (AvgIpc) is 2.77. The van der Waals surface area contributed by atoms with Gasteiger partial charge in [0, 0.05) is 29.3 Å². The number of carbonyl (C=O) groups is 2. The third-order valence-corrected chi connectivity index (χ3v) is 5.96. The van der Waals surface area contributed by atoms with Crippen LogP contribution < -0.4 is 5.32 Å². The molecule has 2 atom stereocenters. The summed E-state index contributed by atoms with van der Waals surface area (Å²) in [4.78, 5) is 26.4. The second kappa shape index (κ2) is 8.80. The summed E-state index contributed by atoms with van der Waals surface area (Å²) in [6.07, 6.45) is 1.79. The van der Waals surface area contributed by atoms with Crippen LogP contribution in [0.1, 0.15) is 56.1 Å². The van der Waals surface area contributed by atoms with E-state index >= 15 is 0 Å². The summed E-state index contributed by atoms with van der Waals surface area (Å²) >= 11 is 0. The Morgan fingerprint density at radius 2 is 1.84 bits per heavy atom. The van der Waals surface area contributed by atoms with Crippen molar-refractivity contribution in [2.75, 3.05) is 6.61 Å². The van der Waals surface area contributed by atoms with Crippen molar-refractivity contribution in [2.24, 2.45) is 0 Å². The number of nitrogens with one attached hydrogen (secondary N) is 1. The van der Waals surface area contributed by atoms with Crippen LogP contribution in [0.5, 0.6) is 5.75 Å². The Morgan fingerprint density at radius 1 is 1.10 bits per heavy atom. The van der Waals surface area contributed by atoms with Crippen molar-refractivity contribution in [3.63, 3.8) is 0 Å². The first-order valence-electron chi connectivity index (χ1n) is 10.7. The number of dihydropyridines is 1. The summed E-state index contributed by atoms with van der Waals surface area (Å²) < 4.78 is 5.46. The second-order valence-electron chi connectivity index (χ2n) is 8.16. The first-order valence-corrected chi connectivity index (χ1v) is 10.7. The highest BCUT2D eigenvalue weighted by atomic mass is 16.5. The topological polar surface area (TPSA) is 75.6 Å². The summed E-state index contributed by atoms with van der Waals surface area (Å²) in [5.74, 6) is -0.778. The maximum absolute atomic E-state index is 13.4. The summed E-state index contributed by atoms with van der Waals surface area (Å²) in [6.45, 7) is 4.10. The van der Waals surface area contributed by atoms with Gasteiger partial charge in [0.1, 0.15) is 5.75 Å². The number of phenols is 1. The number of phenolic OH excluding ortho intramolecular Hbond substituents is 1. The third kappa shape index (κ3) is 4.13. The first kappa shape index (κ1) is 20.9. The van der Waals surface area contributed by atoms with Gasteiger partial charge >= 0.3 is 5.97 Å². The fourth-order valence-electron chi connectivity index (χ4n) is 4.58. The van der Waals surface area contributed by atoms with E-state index in [1.54, 1.807) is 18.2 Å². The van der Waals surface area contributed by atoms with Crippen LogP contribution in [0.3, 0.4) is 0 Å². The van der Waals surface area contributed by atoms with Gasteiger partial charge < -0.3 is 15.2 Å². The smallest absolute Gasteiger partial charge is 0.336 e. The number of hydrogen-bond donors (Lipinski definition) is 2. The minimum atomic E-state index is -0.558. The molecule has 0 amide bonds. The molecule has 31 heavy (non-hydrogen) atoms. The van der Waals surface area contributed by atoms with Gasteiger partial charge in [0.15, 0.2) is 5.78 Å². The van der Waals surface area contributed by atoms with E-state index in [0.717, 1.165) is 11.3 Å². The fourth-order valence-corrected chi connectivity index (χ4v) is 4.58. The summed E-state index contributed by atoms with van der Waals surface area (Å²) in [5.41, 5.74) is 4.42. The molecule has 0 saturated carbocycles. The number of rotatable bonds is 5. The third-order valence-electron chi connectivity index (χ3n) is 5.96. The highest BCUT2D eigenvalue weighted by molar-refractivity contribution is 6.04. The largest absolute Gasteiger partial charge is 0.508 e. The molecule has 0 spiro atoms. The van der Waals surface area contributed by atoms with E-state index in [1.807, 2.05) is 38.1 Å². The van der Waals surface area contributed by atoms with Gasteiger partial charge in [-0.05, 0) is 48.9 Å². The summed E-state index contributed by atoms with van der Waals surface area (Å²) in [7, 11) is 0. The number of carbonyl (C=O) groups excluding carboxylic acids is 2. The molecular formula is C26H27NO4. The van der Waals surface area contributed by atoms with Crippen LogP contribution in [-0.4, -0.2) is 23.5 Å². The van der Waals surface area contributed by atoms with Gasteiger partial charge in [0.25, 0.3) is 0 Å². The molecule has 2 unspecified atom stereocenters. The molecule has 1 aliphatic heterocycles. The van der Waals surface area contributed by atoms with E-state index in [0.29, 0.717) is 48.3 Å². The lowest BCUT2D eigenvalue weighted by Gasteiger charge is -2.36. The van der Waals surface area contributed by atoms with Crippen LogP contribution in [-0.2, 0) is 14.3 Å². The van der Waals surface area contributed by atoms with Crippen molar-refractivity contribution in [2.45, 2.75) is 44.9 Å². The molecule has 0 saturated heterocycles. The minimum absolute atomic E-state index is 0.0178. The zero-order valence-corrected chi connectivity index (χ0v) is 17.9. The zero-order chi connectivity index (χ0) is 22.0. The monoisotopic (exact) mass is 417 g/mol. The lowest BCUT2D eigenvalue weighted by atomic mass is 9.71. The van der Waals surface area contributed by atoms with Crippen LogP contribution in [0.4, 0.5) is 0 Å². The van der Waals surface area contributed by atoms with Crippen molar-refractivity contribution in [3.05, 3.63) is 88.3 Å². The average molecular weight is 418 g/mol. The van der Waals surface area contributed by atoms with E-state index in [1.165, 1.54) is 0 Å². The number of ketones is 1. The van der Waals surface area contributed by atoms with Gasteiger partial charge in [-0.2, -0.15) is 0 Å². The normalized spacial score (nSPS) is 20.9. The molecule has 0 radical (unpaired) electrons. The predicted octanol–water partition coefficient (Wildman–Crippen LogP) is 4.71. The van der Waals surface area contributed by atoms with Crippen LogP contribution in [0.15, 0.2) is 77.1 Å². The minimum Gasteiger partial charge on any atom is -0.508 e. The maximum Gasteiger partial charge on any atom is 0.336 e. The molecule has 5 nitrogen and oxygen atoms in total. The molecule has 0 bridgehead atoms. The van der Waals surface area contributed by atoms with Crippen LogP contribution in [0.25, 0.3) is 0 Å². The van der Waals surface area contributed by atoms with Gasteiger partial charge in [-0.3, -0.25) is 4.79 Å². The molecule has 0 aromatic heterocycles. The molecular weight excluding hydrogens is 390 g/mol. The standard InChI is InChI=1S/C26H27NO4/c1-3-12-31-26(30)23-16(2)27-21-14-19(17-8-5-4-6-9-17)15-22(29)25(21)24(23)18-10-7-11-20(28)13-18/h4-11,13,19,24,27-28H,3,12,14-15H2,1-2H3. The van der Waals surface area contributed by atoms with Gasteiger partial charge in [0.2, 0.25) is 0 Å². The molecule has 1 aliphatic carbocycles. The molecule has 2 aromatic carbocycles. The van der Waals surface area contributed by atoms with Crippen molar-refractivity contribution in [1.82, 2.24) is 5.32 Å². The first-order chi connectivity index (χ1) is 15.0. The van der Waals surface area contributed by atoms with E-state index in [4.69, 9.17) is 4.74 Å². The van der Waals surface area contributed by atoms with E-state index < -0.39 is 11.9 Å². The molecule has 2 N–H and O–H groups in total. The van der Waals surface area contributed by atoms with E-state index in [9.17, 15) is 14.7 Å². The van der Waals surface area contributed by atoms with E-state index in [-0.39, 0.29) is 17.5 Å². The number of allylic oxidation sites excluding steroid dienone is 3. The SMILES string of the molecule is CCCOC(=O)C1=C(C)NC2=C(C(=O)CC(c3ccccc3)C2)C1c1cccc(O)c1. The van der Waals surface area contributed by atoms with Gasteiger partial charge in [-0.25, -0.2) is 4.79 Å². The number of hydrogen-bond acceptors (Lipinski definition) is 5. The Kier molecular flexibility index (Phi) is 5.94. The molecule has 2 aliphatic rings. The zero-order valence-electron chi connectivity index (χ0n) is 17.9.